The van der Waals surface area contributed by atoms with E-state index in [2.05, 4.69) is 21.3 Å². The third-order valence-electron chi connectivity index (χ3n) is 19.8. The Morgan fingerprint density at radius 2 is 0.934 bits per heavy atom. The van der Waals surface area contributed by atoms with Gasteiger partial charge in [0.1, 0.15) is 60.4 Å². The second kappa shape index (κ2) is 43.9. The summed E-state index contributed by atoms with van der Waals surface area (Å²) in [7, 11) is 9.96. The Bertz CT molecular complexity index is 3240. The van der Waals surface area contributed by atoms with E-state index in [-0.39, 0.29) is 114 Å². The molecule has 2 aromatic carbocycles. The number of amides is 12. The molecule has 0 radical (unpaired) electrons. The molecule has 2 aliphatic heterocycles. The fourth-order valence-electron chi connectivity index (χ4n) is 13.5. The van der Waals surface area contributed by atoms with E-state index in [0.29, 0.717) is 42.1 Å². The number of hydrogen-bond acceptors (Lipinski definition) is 15. The normalized spacial score (nSPS) is 24.6. The van der Waals surface area contributed by atoms with Crippen molar-refractivity contribution >= 4 is 82.5 Å². The summed E-state index contributed by atoms with van der Waals surface area (Å²) >= 11 is 6.55. The molecule has 2 heterocycles. The summed E-state index contributed by atoms with van der Waals surface area (Å²) < 4.78 is 5.93. The van der Waals surface area contributed by atoms with Gasteiger partial charge < -0.3 is 75.4 Å². The molecule has 12 amide bonds. The van der Waals surface area contributed by atoms with Gasteiger partial charge in [0.15, 0.2) is 0 Å². The van der Waals surface area contributed by atoms with Crippen LogP contribution in [0.25, 0.3) is 0 Å². The number of carbonyl (C=O) groups excluding carboxylic acids is 12. The molecule has 0 aliphatic carbocycles. The van der Waals surface area contributed by atoms with Gasteiger partial charge in [-0.15, -0.1) is 0 Å². The fourth-order valence-corrected chi connectivity index (χ4v) is 13.7. The molecule has 2 aromatic rings. The molecule has 4 rings (SSSR count). The van der Waals surface area contributed by atoms with Gasteiger partial charge in [-0.3, -0.25) is 57.5 Å². The van der Waals surface area contributed by atoms with Crippen LogP contribution in [0.2, 0.25) is 5.02 Å². The van der Waals surface area contributed by atoms with Crippen LogP contribution in [0, 0.1) is 29.6 Å². The standard InChI is InChI=1S/C78H125ClN12O15/c1-48(2)38-57-73(100)86(14)62(41-51(7)8)72(99)83-68(53(11)93)78(105)90(18)64(42-52(9)10)76(103)87(15)61(40-50(5)6)70(97)81-58(75(102)91-34-23-20-24-35-91)46-67(95)84(12)33-26-32-66(94)85(13)60(39-49(3)4)69(96)82-59(47-106-37-27-36-92)74(101)89(17)65(44-54-28-21-19-22-29-54)77(104)88(16)63(71(98)80-57)45-55-30-25-31-56(79)43-55/h19,21-22,25,28-31,43,48-53,57-65,68,92-93H,20,23-24,26-27,32-42,44-47H2,1-18H3,(H,80,98)(H,81,97)(H,82,96)(H,83,99)/t53-,57+,58+,59+,60+,61+,62+,63+,64+,65+,68+/m1/s1. The van der Waals surface area contributed by atoms with E-state index < -0.39 is 150 Å². The summed E-state index contributed by atoms with van der Waals surface area (Å²) in [5, 5.41) is 32.9. The van der Waals surface area contributed by atoms with E-state index in [1.165, 1.54) is 85.7 Å². The summed E-state index contributed by atoms with van der Waals surface area (Å²) in [6.45, 7) is 19.8. The van der Waals surface area contributed by atoms with Gasteiger partial charge in [-0.25, -0.2) is 0 Å². The van der Waals surface area contributed by atoms with E-state index >= 15 is 33.6 Å². The van der Waals surface area contributed by atoms with Gasteiger partial charge in [-0.05, 0) is 124 Å². The summed E-state index contributed by atoms with van der Waals surface area (Å²) in [5.74, 6) is -9.46. The van der Waals surface area contributed by atoms with E-state index in [9.17, 15) is 34.2 Å². The lowest BCUT2D eigenvalue weighted by molar-refractivity contribution is -0.152. The van der Waals surface area contributed by atoms with Crippen molar-refractivity contribution in [3.63, 3.8) is 0 Å². The van der Waals surface area contributed by atoms with E-state index in [1.54, 1.807) is 59.5 Å². The van der Waals surface area contributed by atoms with Crippen molar-refractivity contribution in [2.75, 3.05) is 88.8 Å². The highest BCUT2D eigenvalue weighted by Crippen LogP contribution is 2.25. The van der Waals surface area contributed by atoms with Crippen LogP contribution in [0.3, 0.4) is 0 Å². The van der Waals surface area contributed by atoms with Crippen LogP contribution >= 0.6 is 11.6 Å². The van der Waals surface area contributed by atoms with Crippen LogP contribution < -0.4 is 21.3 Å². The first-order valence-electron chi connectivity index (χ1n) is 37.8. The molecule has 0 spiro atoms. The Hall–Kier alpha value is -7.75. The number of piperidine rings is 1. The van der Waals surface area contributed by atoms with Crippen molar-refractivity contribution in [3.05, 3.63) is 70.7 Å². The number of aliphatic hydroxyl groups excluding tert-OH is 2. The van der Waals surface area contributed by atoms with Gasteiger partial charge in [0.25, 0.3) is 0 Å². The Morgan fingerprint density at radius 3 is 1.48 bits per heavy atom. The van der Waals surface area contributed by atoms with E-state index in [1.807, 2.05) is 69.2 Å². The Morgan fingerprint density at radius 1 is 0.481 bits per heavy atom. The number of aliphatic hydroxyl groups is 2. The number of carbonyl (C=O) groups is 12. The number of likely N-dealkylation sites (tertiary alicyclic amines) is 1. The summed E-state index contributed by atoms with van der Waals surface area (Å²) in [6.07, 6.45) is 0.437. The zero-order valence-electron chi connectivity index (χ0n) is 66.2. The molecule has 0 aromatic heterocycles. The van der Waals surface area contributed by atoms with Gasteiger partial charge in [0, 0.05) is 106 Å². The third-order valence-corrected chi connectivity index (χ3v) is 20.0. The molecule has 0 bridgehead atoms. The van der Waals surface area contributed by atoms with E-state index in [4.69, 9.17) is 16.3 Å². The molecule has 11 atom stereocenters. The monoisotopic (exact) mass is 1500 g/mol. The molecule has 27 nitrogen and oxygen atoms in total. The predicted molar refractivity (Wildman–Crippen MR) is 406 cm³/mol. The van der Waals surface area contributed by atoms with Gasteiger partial charge in [-0.2, -0.15) is 0 Å². The second-order valence-corrected chi connectivity index (χ2v) is 31.5. The molecule has 2 aliphatic rings. The Kier molecular flexibility index (Phi) is 37.5. The van der Waals surface area contributed by atoms with Crippen molar-refractivity contribution in [1.82, 2.24) is 60.5 Å². The first-order chi connectivity index (χ1) is 49.8. The number of likely N-dealkylation sites (N-methyl/N-ethyl adjacent to an activating group) is 6. The molecular formula is C78H125ClN12O15. The molecule has 2 fully saturated rings. The highest BCUT2D eigenvalue weighted by molar-refractivity contribution is 6.30. The van der Waals surface area contributed by atoms with Crippen LogP contribution in [-0.4, -0.2) is 276 Å². The highest BCUT2D eigenvalue weighted by Gasteiger charge is 2.44. The van der Waals surface area contributed by atoms with Crippen LogP contribution in [0.1, 0.15) is 164 Å². The number of benzene rings is 2. The minimum Gasteiger partial charge on any atom is -0.396 e. The van der Waals surface area contributed by atoms with Crippen molar-refractivity contribution in [2.45, 2.75) is 233 Å². The maximum absolute atomic E-state index is 15.8. The predicted octanol–water partition coefficient (Wildman–Crippen LogP) is 4.69. The number of hydrogen-bond donors (Lipinski definition) is 6. The second-order valence-electron chi connectivity index (χ2n) is 31.1. The number of halogens is 1. The third kappa shape index (κ3) is 27.5. The van der Waals surface area contributed by atoms with Crippen LogP contribution in [0.5, 0.6) is 0 Å². The van der Waals surface area contributed by atoms with Crippen LogP contribution in [-0.2, 0) is 75.1 Å². The zero-order valence-corrected chi connectivity index (χ0v) is 67.0. The fraction of sp³-hybridized carbons (Fsp3) is 0.692. The van der Waals surface area contributed by atoms with Crippen LogP contribution in [0.4, 0.5) is 0 Å². The number of nitrogens with zero attached hydrogens (tertiary/aromatic N) is 8. The molecule has 594 valence electrons. The molecule has 106 heavy (non-hydrogen) atoms. The topological polar surface area (TPSA) is 329 Å². The first-order valence-corrected chi connectivity index (χ1v) is 38.2. The van der Waals surface area contributed by atoms with Gasteiger partial charge in [0.2, 0.25) is 70.9 Å². The highest BCUT2D eigenvalue weighted by atomic mass is 35.5. The van der Waals surface area contributed by atoms with Crippen LogP contribution in [0.15, 0.2) is 54.6 Å². The smallest absolute Gasteiger partial charge is 0.248 e. The molecule has 28 heteroatoms. The number of ether oxygens (including phenoxy) is 1. The van der Waals surface area contributed by atoms with Gasteiger partial charge >= 0.3 is 0 Å². The Balaban J connectivity index is 1.99. The molecule has 0 unspecified atom stereocenters. The van der Waals surface area contributed by atoms with Gasteiger partial charge in [-0.1, -0.05) is 123 Å². The molecule has 6 N–H and O–H groups in total. The average Bonchev–Trinajstić information content (AvgIpc) is 0.792. The number of nitrogens with one attached hydrogen (secondary N) is 4. The Labute approximate surface area is 634 Å². The minimum atomic E-state index is -1.70. The summed E-state index contributed by atoms with van der Waals surface area (Å²) in [6, 6.07) is 1.76. The molecular weight excluding hydrogens is 1380 g/mol. The minimum absolute atomic E-state index is 0.0143. The maximum atomic E-state index is 15.8. The summed E-state index contributed by atoms with van der Waals surface area (Å²) in [5.41, 5.74) is 1.14. The lowest BCUT2D eigenvalue weighted by Crippen LogP contribution is -2.63. The molecule has 0 saturated carbocycles. The van der Waals surface area contributed by atoms with Gasteiger partial charge in [0.05, 0.1) is 19.1 Å². The van der Waals surface area contributed by atoms with Crippen molar-refractivity contribution in [2.24, 2.45) is 29.6 Å². The zero-order chi connectivity index (χ0) is 79.6. The quantitative estimate of drug-likeness (QED) is 0.0924. The lowest BCUT2D eigenvalue weighted by Gasteiger charge is -2.38. The lowest BCUT2D eigenvalue weighted by atomic mass is 9.96. The largest absolute Gasteiger partial charge is 0.396 e. The summed E-state index contributed by atoms with van der Waals surface area (Å²) in [4.78, 5) is 191. The molecule has 2 saturated heterocycles. The maximum Gasteiger partial charge on any atom is 0.248 e. The van der Waals surface area contributed by atoms with Crippen molar-refractivity contribution in [1.29, 1.82) is 0 Å². The SMILES string of the molecule is CC(C)C[C@@H]1NC(=O)[C@H](Cc2cccc(Cl)c2)N(C)C(=O)[C@H](Cc2ccccc2)N(C)C(=O)[C@H](COCCCO)NC(=O)[C@H](CC(C)C)N(C)C(=O)CCCN(C)C(=O)C[C@@H](C(=O)N2CCCCC2)NC(=O)[C@H](CC(C)C)N(C)C(=O)[C@H](CC(C)C)N(C)C(=O)[C@H]([C@@H](C)O)NC(=O)[C@H](CC(C)C)N(C)C1=O. The number of rotatable bonds is 21. The van der Waals surface area contributed by atoms with Crippen molar-refractivity contribution in [3.8, 4) is 0 Å². The van der Waals surface area contributed by atoms with E-state index in [0.717, 1.165) is 11.3 Å². The average molecular weight is 1510 g/mol. The first kappa shape index (κ1) is 90.6. The van der Waals surface area contributed by atoms with Crippen molar-refractivity contribution < 1.29 is 72.5 Å².